The highest BCUT2D eigenvalue weighted by molar-refractivity contribution is 6.02. The zero-order valence-electron chi connectivity index (χ0n) is 13.7. The lowest BCUT2D eigenvalue weighted by atomic mass is 10.2. The number of fused-ring (bicyclic) bond motifs is 1. The first-order valence-corrected chi connectivity index (χ1v) is 7.84. The number of carbonyl (C=O) groups excluding carboxylic acids is 1. The van der Waals surface area contributed by atoms with E-state index >= 15 is 0 Å². The van der Waals surface area contributed by atoms with Crippen molar-refractivity contribution < 1.29 is 19.3 Å². The van der Waals surface area contributed by atoms with Gasteiger partial charge < -0.3 is 14.9 Å². The van der Waals surface area contributed by atoms with Gasteiger partial charge in [-0.15, -0.1) is 0 Å². The minimum atomic E-state index is -0.539. The molecule has 2 aromatic heterocycles. The number of benzene rings is 2. The van der Waals surface area contributed by atoms with Gasteiger partial charge >= 0.3 is 0 Å². The summed E-state index contributed by atoms with van der Waals surface area (Å²) in [5.74, 6) is 0.0432. The number of non-ortho nitro benzene ring substituents is 1. The van der Waals surface area contributed by atoms with Crippen molar-refractivity contribution in [3.63, 3.8) is 0 Å². The largest absolute Gasteiger partial charge is 0.459 e. The van der Waals surface area contributed by atoms with Crippen molar-refractivity contribution >= 4 is 28.3 Å². The Hall–Kier alpha value is -4.14. The van der Waals surface area contributed by atoms with Crippen LogP contribution in [0.2, 0.25) is 0 Å². The van der Waals surface area contributed by atoms with Crippen molar-refractivity contribution in [3.8, 4) is 11.4 Å². The van der Waals surface area contributed by atoms with E-state index in [0.717, 1.165) is 4.73 Å². The van der Waals surface area contributed by atoms with Crippen molar-refractivity contribution in [3.05, 3.63) is 76.7 Å². The number of rotatable bonds is 4. The molecule has 2 heterocycles. The lowest BCUT2D eigenvalue weighted by molar-refractivity contribution is -0.384. The average molecular weight is 364 g/mol. The molecule has 0 atom stereocenters. The first-order valence-electron chi connectivity index (χ1n) is 7.84. The Morgan fingerprint density at radius 1 is 1.19 bits per heavy atom. The van der Waals surface area contributed by atoms with Crippen molar-refractivity contribution in [2.45, 2.75) is 0 Å². The van der Waals surface area contributed by atoms with Gasteiger partial charge in [0.05, 0.1) is 16.7 Å². The molecule has 1 amide bonds. The van der Waals surface area contributed by atoms with Gasteiger partial charge in [-0.3, -0.25) is 14.9 Å². The maximum Gasteiger partial charge on any atom is 0.291 e. The lowest BCUT2D eigenvalue weighted by Crippen LogP contribution is -2.10. The summed E-state index contributed by atoms with van der Waals surface area (Å²) in [5, 5.41) is 23.9. The van der Waals surface area contributed by atoms with Gasteiger partial charge in [0.15, 0.2) is 11.6 Å². The van der Waals surface area contributed by atoms with Gasteiger partial charge in [0, 0.05) is 23.4 Å². The van der Waals surface area contributed by atoms with E-state index in [1.165, 1.54) is 24.5 Å². The van der Waals surface area contributed by atoms with Crippen molar-refractivity contribution in [1.29, 1.82) is 0 Å². The summed E-state index contributed by atoms with van der Waals surface area (Å²) in [5.41, 5.74) is 1.63. The van der Waals surface area contributed by atoms with E-state index in [-0.39, 0.29) is 28.7 Å². The molecule has 134 valence electrons. The molecule has 9 nitrogen and oxygen atoms in total. The fourth-order valence-corrected chi connectivity index (χ4v) is 2.66. The van der Waals surface area contributed by atoms with Gasteiger partial charge in [-0.25, -0.2) is 4.98 Å². The number of nitro benzene ring substituents is 1. The summed E-state index contributed by atoms with van der Waals surface area (Å²) < 4.78 is 5.83. The van der Waals surface area contributed by atoms with Crippen LogP contribution in [-0.2, 0) is 0 Å². The smallest absolute Gasteiger partial charge is 0.291 e. The molecule has 27 heavy (non-hydrogen) atoms. The third-order valence-electron chi connectivity index (χ3n) is 3.97. The summed E-state index contributed by atoms with van der Waals surface area (Å²) in [4.78, 5) is 26.6. The molecule has 0 aliphatic heterocycles. The monoisotopic (exact) mass is 364 g/mol. The number of furan rings is 1. The number of hydrogen-bond donors (Lipinski definition) is 2. The Balaban J connectivity index is 1.63. The van der Waals surface area contributed by atoms with Crippen LogP contribution in [0, 0.1) is 10.1 Å². The standard InChI is InChI=1S/C18H12N4O5/c23-18(16-2-1-9-27-16)19-12-5-3-11(4-6-12)17-20-14-8-7-13(22(25)26)10-15(14)21(17)24/h1-10,24H,(H,19,23). The average Bonchev–Trinajstić information content (AvgIpc) is 3.31. The van der Waals surface area contributed by atoms with Crippen LogP contribution in [0.25, 0.3) is 22.4 Å². The summed E-state index contributed by atoms with van der Waals surface area (Å²) in [6.45, 7) is 0. The number of imidazole rings is 1. The number of nitrogens with one attached hydrogen (secondary N) is 1. The predicted molar refractivity (Wildman–Crippen MR) is 95.7 cm³/mol. The predicted octanol–water partition coefficient (Wildman–Crippen LogP) is 3.69. The quantitative estimate of drug-likeness (QED) is 0.323. The first kappa shape index (κ1) is 16.3. The van der Waals surface area contributed by atoms with Crippen LogP contribution in [0.5, 0.6) is 0 Å². The Labute approximate surface area is 151 Å². The molecule has 0 aliphatic carbocycles. The van der Waals surface area contributed by atoms with E-state index in [9.17, 15) is 20.1 Å². The van der Waals surface area contributed by atoms with Gasteiger partial charge in [0.25, 0.3) is 11.6 Å². The van der Waals surface area contributed by atoms with Gasteiger partial charge in [-0.2, -0.15) is 4.73 Å². The van der Waals surface area contributed by atoms with Gasteiger partial charge in [0.1, 0.15) is 5.52 Å². The minimum Gasteiger partial charge on any atom is -0.459 e. The SMILES string of the molecule is O=C(Nc1ccc(-c2nc3ccc([N+](=O)[O-])cc3n2O)cc1)c1ccco1. The fraction of sp³-hybridized carbons (Fsp3) is 0. The number of hydrogen-bond acceptors (Lipinski definition) is 6. The second-order valence-electron chi connectivity index (χ2n) is 5.69. The normalized spacial score (nSPS) is 10.8. The van der Waals surface area contributed by atoms with Crippen LogP contribution in [0.3, 0.4) is 0 Å². The van der Waals surface area contributed by atoms with E-state index in [1.807, 2.05) is 0 Å². The zero-order valence-corrected chi connectivity index (χ0v) is 13.7. The number of nitro groups is 1. The van der Waals surface area contributed by atoms with E-state index in [2.05, 4.69) is 10.3 Å². The molecule has 9 heteroatoms. The number of nitrogens with zero attached hydrogens (tertiary/aromatic N) is 3. The Morgan fingerprint density at radius 3 is 2.63 bits per heavy atom. The molecule has 2 N–H and O–H groups in total. The van der Waals surface area contributed by atoms with Crippen LogP contribution >= 0.6 is 0 Å². The topological polar surface area (TPSA) is 123 Å². The molecule has 0 unspecified atom stereocenters. The summed E-state index contributed by atoms with van der Waals surface area (Å²) in [6.07, 6.45) is 1.41. The highest BCUT2D eigenvalue weighted by Crippen LogP contribution is 2.27. The second kappa shape index (κ2) is 6.30. The number of amides is 1. The maximum atomic E-state index is 12.0. The van der Waals surface area contributed by atoms with Crippen molar-refractivity contribution in [2.24, 2.45) is 0 Å². The first-order chi connectivity index (χ1) is 13.0. The maximum absolute atomic E-state index is 12.0. The van der Waals surface area contributed by atoms with E-state index in [0.29, 0.717) is 16.8 Å². The Morgan fingerprint density at radius 2 is 1.96 bits per heavy atom. The van der Waals surface area contributed by atoms with E-state index < -0.39 is 4.92 Å². The molecule has 0 spiro atoms. The molecule has 0 saturated carbocycles. The Kier molecular flexibility index (Phi) is 3.81. The van der Waals surface area contributed by atoms with E-state index in [4.69, 9.17) is 4.42 Å². The van der Waals surface area contributed by atoms with Crippen LogP contribution in [0.1, 0.15) is 10.6 Å². The zero-order chi connectivity index (χ0) is 19.0. The highest BCUT2D eigenvalue weighted by atomic mass is 16.6. The van der Waals surface area contributed by atoms with Crippen LogP contribution in [-0.4, -0.2) is 25.8 Å². The molecule has 0 aliphatic rings. The lowest BCUT2D eigenvalue weighted by Gasteiger charge is -2.05. The molecule has 0 bridgehead atoms. The summed E-state index contributed by atoms with van der Waals surface area (Å²) in [6, 6.07) is 13.9. The van der Waals surface area contributed by atoms with Crippen molar-refractivity contribution in [1.82, 2.24) is 9.71 Å². The molecule has 0 fully saturated rings. The third kappa shape index (κ3) is 2.97. The fourth-order valence-electron chi connectivity index (χ4n) is 2.66. The molecule has 2 aromatic carbocycles. The highest BCUT2D eigenvalue weighted by Gasteiger charge is 2.16. The number of carbonyl (C=O) groups is 1. The summed E-state index contributed by atoms with van der Waals surface area (Å²) >= 11 is 0. The van der Waals surface area contributed by atoms with Crippen LogP contribution < -0.4 is 5.32 Å². The molecule has 0 saturated heterocycles. The molecule has 4 aromatic rings. The van der Waals surface area contributed by atoms with Crippen LogP contribution in [0.15, 0.2) is 65.3 Å². The third-order valence-corrected chi connectivity index (χ3v) is 3.97. The molecular formula is C18H12N4O5. The van der Waals surface area contributed by atoms with Gasteiger partial charge in [-0.05, 0) is 42.5 Å². The molecule has 4 rings (SSSR count). The minimum absolute atomic E-state index is 0.139. The molecular weight excluding hydrogens is 352 g/mol. The molecule has 0 radical (unpaired) electrons. The summed E-state index contributed by atoms with van der Waals surface area (Å²) in [7, 11) is 0. The Bertz CT molecular complexity index is 1150. The van der Waals surface area contributed by atoms with Gasteiger partial charge in [-0.1, -0.05) is 0 Å². The second-order valence-corrected chi connectivity index (χ2v) is 5.69. The van der Waals surface area contributed by atoms with Crippen LogP contribution in [0.4, 0.5) is 11.4 Å². The van der Waals surface area contributed by atoms with Crippen molar-refractivity contribution in [2.75, 3.05) is 5.32 Å². The number of aromatic nitrogens is 2. The number of anilines is 1. The van der Waals surface area contributed by atoms with E-state index in [1.54, 1.807) is 36.4 Å². The van der Waals surface area contributed by atoms with Gasteiger partial charge in [0.2, 0.25) is 0 Å².